The Morgan fingerprint density at radius 3 is 2.64 bits per heavy atom. The molecule has 6 heteroatoms. The highest BCUT2D eigenvalue weighted by Gasteiger charge is 2.20. The van der Waals surface area contributed by atoms with Crippen LogP contribution in [0.4, 0.5) is 0 Å². The first-order chi connectivity index (χ1) is 12.2. The van der Waals surface area contributed by atoms with E-state index in [2.05, 4.69) is 21.3 Å². The molecule has 1 fully saturated rings. The van der Waals surface area contributed by atoms with Crippen LogP contribution in [-0.2, 0) is 11.3 Å². The van der Waals surface area contributed by atoms with Crippen molar-refractivity contribution in [3.05, 3.63) is 59.4 Å². The Kier molecular flexibility index (Phi) is 6.73. The van der Waals surface area contributed by atoms with Gasteiger partial charge in [-0.3, -0.25) is 14.7 Å². The summed E-state index contributed by atoms with van der Waals surface area (Å²) in [6, 6.07) is 13.9. The number of halogens is 1. The van der Waals surface area contributed by atoms with Crippen molar-refractivity contribution in [3.8, 4) is 0 Å². The van der Waals surface area contributed by atoms with E-state index >= 15 is 0 Å². The van der Waals surface area contributed by atoms with Crippen LogP contribution in [0.5, 0.6) is 0 Å². The van der Waals surface area contributed by atoms with E-state index in [4.69, 9.17) is 11.6 Å². The third-order valence-corrected chi connectivity index (χ3v) is 5.51. The predicted octanol–water partition coefficient (Wildman–Crippen LogP) is 3.61. The van der Waals surface area contributed by atoms with Crippen molar-refractivity contribution in [1.82, 2.24) is 15.2 Å². The van der Waals surface area contributed by atoms with Gasteiger partial charge in [-0.15, -0.1) is 11.8 Å². The van der Waals surface area contributed by atoms with E-state index in [0.29, 0.717) is 10.8 Å². The lowest BCUT2D eigenvalue weighted by Gasteiger charge is -2.32. The quantitative estimate of drug-likeness (QED) is 0.783. The molecule has 4 nitrogen and oxygen atoms in total. The highest BCUT2D eigenvalue weighted by atomic mass is 35.5. The van der Waals surface area contributed by atoms with Gasteiger partial charge in [0.05, 0.1) is 11.4 Å². The van der Waals surface area contributed by atoms with E-state index in [1.165, 1.54) is 11.8 Å². The summed E-state index contributed by atoms with van der Waals surface area (Å²) in [7, 11) is 0. The summed E-state index contributed by atoms with van der Waals surface area (Å²) >= 11 is 7.41. The van der Waals surface area contributed by atoms with Gasteiger partial charge in [0, 0.05) is 41.8 Å². The first-order valence-electron chi connectivity index (χ1n) is 8.49. The average molecular weight is 376 g/mol. The summed E-state index contributed by atoms with van der Waals surface area (Å²) in [4.78, 5) is 20.0. The number of piperidine rings is 1. The molecule has 1 aromatic carbocycles. The van der Waals surface area contributed by atoms with Gasteiger partial charge in [-0.05, 0) is 49.2 Å². The number of pyridine rings is 1. The molecule has 3 rings (SSSR count). The molecule has 0 aliphatic carbocycles. The van der Waals surface area contributed by atoms with E-state index < -0.39 is 0 Å². The number of aromatic nitrogens is 1. The maximum atomic E-state index is 12.1. The molecule has 0 unspecified atom stereocenters. The zero-order valence-corrected chi connectivity index (χ0v) is 15.6. The molecule has 1 N–H and O–H groups in total. The van der Waals surface area contributed by atoms with Crippen LogP contribution in [-0.4, -0.2) is 40.7 Å². The second-order valence-electron chi connectivity index (χ2n) is 6.18. The van der Waals surface area contributed by atoms with E-state index in [9.17, 15) is 4.79 Å². The number of carbonyl (C=O) groups is 1. The minimum absolute atomic E-state index is 0.100. The molecule has 0 bridgehead atoms. The van der Waals surface area contributed by atoms with Crippen LogP contribution in [0.1, 0.15) is 18.5 Å². The zero-order valence-electron chi connectivity index (χ0n) is 14.0. The van der Waals surface area contributed by atoms with Crippen LogP contribution in [0.15, 0.2) is 53.6 Å². The molecule has 0 saturated carbocycles. The molecule has 2 aromatic rings. The van der Waals surface area contributed by atoms with Crippen LogP contribution in [0.25, 0.3) is 0 Å². The first-order valence-corrected chi connectivity index (χ1v) is 9.85. The lowest BCUT2D eigenvalue weighted by atomic mass is 10.0. The molecule has 25 heavy (non-hydrogen) atoms. The minimum Gasteiger partial charge on any atom is -0.353 e. The van der Waals surface area contributed by atoms with E-state index in [0.717, 1.165) is 43.1 Å². The Morgan fingerprint density at radius 2 is 1.96 bits per heavy atom. The van der Waals surface area contributed by atoms with Gasteiger partial charge in [0.1, 0.15) is 0 Å². The average Bonchev–Trinajstić information content (AvgIpc) is 2.64. The van der Waals surface area contributed by atoms with Crippen molar-refractivity contribution in [1.29, 1.82) is 0 Å². The van der Waals surface area contributed by atoms with Crippen molar-refractivity contribution < 1.29 is 4.79 Å². The van der Waals surface area contributed by atoms with Crippen molar-refractivity contribution in [2.75, 3.05) is 18.8 Å². The predicted molar refractivity (Wildman–Crippen MR) is 103 cm³/mol. The lowest BCUT2D eigenvalue weighted by molar-refractivity contribution is -0.119. The standard InChI is InChI=1S/C19H22ClN3OS/c20-15-4-6-18(7-5-15)25-14-19(24)22-16-8-11-23(12-9-16)13-17-3-1-2-10-21-17/h1-7,10,16H,8-9,11-14H2,(H,22,24). The van der Waals surface area contributed by atoms with Gasteiger partial charge in [-0.1, -0.05) is 17.7 Å². The maximum Gasteiger partial charge on any atom is 0.230 e. The van der Waals surface area contributed by atoms with Crippen LogP contribution in [0, 0.1) is 0 Å². The molecular formula is C19H22ClN3OS. The van der Waals surface area contributed by atoms with Gasteiger partial charge in [0.2, 0.25) is 5.91 Å². The first kappa shape index (κ1) is 18.2. The number of benzene rings is 1. The second-order valence-corrected chi connectivity index (χ2v) is 7.67. The Balaban J connectivity index is 1.36. The van der Waals surface area contributed by atoms with Crippen LogP contribution >= 0.6 is 23.4 Å². The van der Waals surface area contributed by atoms with Gasteiger partial charge in [0.15, 0.2) is 0 Å². The van der Waals surface area contributed by atoms with Crippen molar-refractivity contribution in [2.45, 2.75) is 30.3 Å². The number of nitrogens with one attached hydrogen (secondary N) is 1. The SMILES string of the molecule is O=C(CSc1ccc(Cl)cc1)NC1CCN(Cc2ccccn2)CC1. The van der Waals surface area contributed by atoms with Gasteiger partial charge in [-0.25, -0.2) is 0 Å². The summed E-state index contributed by atoms with van der Waals surface area (Å²) in [6.45, 7) is 2.87. The van der Waals surface area contributed by atoms with E-state index in [-0.39, 0.29) is 11.9 Å². The fraction of sp³-hybridized carbons (Fsp3) is 0.368. The minimum atomic E-state index is 0.100. The Morgan fingerprint density at radius 1 is 1.20 bits per heavy atom. The fourth-order valence-corrected chi connectivity index (χ4v) is 3.74. The van der Waals surface area contributed by atoms with Gasteiger partial charge in [-0.2, -0.15) is 0 Å². The highest BCUT2D eigenvalue weighted by Crippen LogP contribution is 2.20. The number of nitrogens with zero attached hydrogens (tertiary/aromatic N) is 2. The number of hydrogen-bond donors (Lipinski definition) is 1. The molecule has 1 amide bonds. The van der Waals surface area contributed by atoms with Gasteiger partial charge >= 0.3 is 0 Å². The molecule has 0 radical (unpaired) electrons. The summed E-state index contributed by atoms with van der Waals surface area (Å²) in [5, 5.41) is 3.87. The molecule has 1 aliphatic rings. The monoisotopic (exact) mass is 375 g/mol. The summed E-state index contributed by atoms with van der Waals surface area (Å²) in [6.07, 6.45) is 3.81. The third kappa shape index (κ3) is 6.03. The largest absolute Gasteiger partial charge is 0.353 e. The molecule has 1 aliphatic heterocycles. The Labute approximate surface area is 158 Å². The number of likely N-dealkylation sites (tertiary alicyclic amines) is 1. The maximum absolute atomic E-state index is 12.1. The number of hydrogen-bond acceptors (Lipinski definition) is 4. The van der Waals surface area contributed by atoms with Crippen molar-refractivity contribution >= 4 is 29.3 Å². The van der Waals surface area contributed by atoms with Gasteiger partial charge in [0.25, 0.3) is 0 Å². The number of rotatable bonds is 6. The molecule has 1 saturated heterocycles. The lowest BCUT2D eigenvalue weighted by Crippen LogP contribution is -2.44. The van der Waals surface area contributed by atoms with E-state index in [1.807, 2.05) is 42.6 Å². The van der Waals surface area contributed by atoms with Gasteiger partial charge < -0.3 is 5.32 Å². The highest BCUT2D eigenvalue weighted by molar-refractivity contribution is 8.00. The topological polar surface area (TPSA) is 45.2 Å². The molecular weight excluding hydrogens is 354 g/mol. The fourth-order valence-electron chi connectivity index (χ4n) is 2.91. The van der Waals surface area contributed by atoms with Crippen LogP contribution in [0.2, 0.25) is 5.02 Å². The zero-order chi connectivity index (χ0) is 17.5. The van der Waals surface area contributed by atoms with E-state index in [1.54, 1.807) is 0 Å². The number of carbonyl (C=O) groups excluding carboxylic acids is 1. The normalized spacial score (nSPS) is 15.9. The van der Waals surface area contributed by atoms with Crippen LogP contribution in [0.3, 0.4) is 0 Å². The Hall–Kier alpha value is -1.56. The smallest absolute Gasteiger partial charge is 0.230 e. The second kappa shape index (κ2) is 9.22. The summed E-state index contributed by atoms with van der Waals surface area (Å²) in [5.41, 5.74) is 1.10. The third-order valence-electron chi connectivity index (χ3n) is 4.25. The summed E-state index contributed by atoms with van der Waals surface area (Å²) in [5.74, 6) is 0.540. The molecule has 0 atom stereocenters. The molecule has 2 heterocycles. The van der Waals surface area contributed by atoms with Crippen LogP contribution < -0.4 is 5.32 Å². The van der Waals surface area contributed by atoms with Crippen molar-refractivity contribution in [3.63, 3.8) is 0 Å². The molecule has 1 aromatic heterocycles. The molecule has 132 valence electrons. The number of amides is 1. The Bertz CT molecular complexity index is 673. The van der Waals surface area contributed by atoms with Crippen molar-refractivity contribution in [2.24, 2.45) is 0 Å². The summed E-state index contributed by atoms with van der Waals surface area (Å²) < 4.78 is 0. The number of thioether (sulfide) groups is 1. The molecule has 0 spiro atoms.